The van der Waals surface area contributed by atoms with Crippen LogP contribution in [-0.2, 0) is 34.1 Å². The molecule has 1 aromatic rings. The second-order valence-electron chi connectivity index (χ2n) is 6.67. The molecule has 0 bridgehead atoms. The Morgan fingerprint density at radius 2 is 1.18 bits per heavy atom. The van der Waals surface area contributed by atoms with Crippen LogP contribution in [0.3, 0.4) is 0 Å². The van der Waals surface area contributed by atoms with Gasteiger partial charge in [-0.3, -0.25) is 0 Å². The Morgan fingerprint density at radius 1 is 0.824 bits per heavy atom. The Kier molecular flexibility index (Phi) is 6.09. The summed E-state index contributed by atoms with van der Waals surface area (Å²) in [5.41, 5.74) is 4.97. The first-order valence-electron chi connectivity index (χ1n) is 6.09. The number of hydrogen-bond acceptors (Lipinski definition) is 0. The van der Waals surface area contributed by atoms with Gasteiger partial charge in [0.15, 0.2) is 0 Å². The maximum absolute atomic E-state index is 2.39. The average molecular weight is 350 g/mol. The van der Waals surface area contributed by atoms with Gasteiger partial charge in [0.05, 0.1) is 0 Å². The molecule has 0 heterocycles. The van der Waals surface area contributed by atoms with Gasteiger partial charge < -0.3 is 0 Å². The van der Waals surface area contributed by atoms with Crippen LogP contribution in [0.25, 0.3) is 0 Å². The van der Waals surface area contributed by atoms with Crippen molar-refractivity contribution in [3.8, 4) is 0 Å². The molecule has 0 fully saturated rings. The van der Waals surface area contributed by atoms with E-state index < -0.39 is 0 Å². The zero-order valence-electron chi connectivity index (χ0n) is 12.1. The van der Waals surface area contributed by atoms with Gasteiger partial charge in [0.2, 0.25) is 0 Å². The van der Waals surface area contributed by atoms with Crippen LogP contribution in [0.5, 0.6) is 0 Å². The van der Waals surface area contributed by atoms with E-state index in [1.54, 1.807) is 0 Å². The summed E-state index contributed by atoms with van der Waals surface area (Å²) in [4.78, 5) is 0. The van der Waals surface area contributed by atoms with Gasteiger partial charge in [-0.2, -0.15) is 0 Å². The van der Waals surface area contributed by atoms with Crippen molar-refractivity contribution in [1.82, 2.24) is 0 Å². The summed E-state index contributed by atoms with van der Waals surface area (Å²) in [5, 5.41) is 1.24. The summed E-state index contributed by atoms with van der Waals surface area (Å²) < 4.78 is 0. The fraction of sp³-hybridized carbons (Fsp3) is 0.600. The average Bonchev–Trinajstić information content (AvgIpc) is 2.14. The van der Waals surface area contributed by atoms with E-state index in [-0.39, 0.29) is 27.8 Å². The molecule has 1 rings (SSSR count). The van der Waals surface area contributed by atoms with Crippen molar-refractivity contribution in [2.24, 2.45) is 0 Å². The molecule has 0 aromatic heterocycles. The molecule has 0 atom stereocenters. The quantitative estimate of drug-likeness (QED) is 0.632. The van der Waals surface area contributed by atoms with Crippen LogP contribution in [0.2, 0.25) is 0 Å². The Bertz CT molecular complexity index is 337. The first-order chi connectivity index (χ1) is 7.14. The van der Waals surface area contributed by atoms with Crippen LogP contribution >= 0.6 is 17.0 Å². The van der Waals surface area contributed by atoms with Crippen molar-refractivity contribution >= 4 is 17.0 Å². The van der Waals surface area contributed by atoms with Gasteiger partial charge in [0.1, 0.15) is 0 Å². The third-order valence-electron chi connectivity index (χ3n) is 3.01. The predicted molar refractivity (Wildman–Crippen MR) is 77.9 cm³/mol. The van der Waals surface area contributed by atoms with E-state index in [2.05, 4.69) is 59.7 Å². The Balaban J connectivity index is 0.00000256. The summed E-state index contributed by atoms with van der Waals surface area (Å²) in [6.07, 6.45) is 0. The first-order valence-corrected chi connectivity index (χ1v) is 8.18. The van der Waals surface area contributed by atoms with E-state index in [1.165, 1.54) is 40.0 Å². The van der Waals surface area contributed by atoms with E-state index in [9.17, 15) is 0 Å². The molecule has 0 unspecified atom stereocenters. The van der Waals surface area contributed by atoms with Crippen molar-refractivity contribution < 1.29 is 18.3 Å². The SMILES string of the molecule is Br.CC(C)(C)c1cc([CH2][Zn])cc(C(C)(C)C)c1. The third kappa shape index (κ3) is 4.83. The summed E-state index contributed by atoms with van der Waals surface area (Å²) >= 11 is 1.34. The van der Waals surface area contributed by atoms with Crippen molar-refractivity contribution in [3.63, 3.8) is 0 Å². The third-order valence-corrected chi connectivity index (χ3v) is 4.22. The van der Waals surface area contributed by atoms with Gasteiger partial charge in [-0.25, -0.2) is 0 Å². The zero-order valence-corrected chi connectivity index (χ0v) is 16.7. The van der Waals surface area contributed by atoms with Crippen LogP contribution in [-0.4, -0.2) is 0 Å². The number of benzene rings is 1. The second-order valence-corrected chi connectivity index (χ2v) is 7.72. The van der Waals surface area contributed by atoms with Gasteiger partial charge in [-0.05, 0) is 0 Å². The summed E-state index contributed by atoms with van der Waals surface area (Å²) in [6.45, 7) is 13.8. The van der Waals surface area contributed by atoms with E-state index in [0.29, 0.717) is 0 Å². The summed E-state index contributed by atoms with van der Waals surface area (Å²) in [7, 11) is 0. The van der Waals surface area contributed by atoms with Gasteiger partial charge in [0, 0.05) is 0 Å². The molecule has 0 amide bonds. The standard InChI is InChI=1S/C15H23.BrH.Zn/c1-11-8-12(14(2,3)4)10-13(9-11)15(5,6)7;;/h8-10H,1H2,2-7H3;1H;. The first kappa shape index (κ1) is 17.3. The zero-order chi connectivity index (χ0) is 12.6. The van der Waals surface area contributed by atoms with Crippen LogP contribution in [0, 0.1) is 0 Å². The van der Waals surface area contributed by atoms with Gasteiger partial charge >= 0.3 is 111 Å². The molecule has 0 N–H and O–H groups in total. The number of rotatable bonds is 1. The van der Waals surface area contributed by atoms with E-state index in [1.807, 2.05) is 0 Å². The molecule has 0 saturated heterocycles. The van der Waals surface area contributed by atoms with Crippen LogP contribution < -0.4 is 0 Å². The molecule has 0 aliphatic rings. The Morgan fingerprint density at radius 3 is 1.41 bits per heavy atom. The maximum atomic E-state index is 2.39. The van der Waals surface area contributed by atoms with Crippen molar-refractivity contribution in [1.29, 1.82) is 0 Å². The number of hydrogen-bond donors (Lipinski definition) is 0. The van der Waals surface area contributed by atoms with Crippen molar-refractivity contribution in [3.05, 3.63) is 34.9 Å². The Labute approximate surface area is 127 Å². The van der Waals surface area contributed by atoms with Gasteiger partial charge in [-0.15, -0.1) is 17.0 Å². The van der Waals surface area contributed by atoms with Crippen molar-refractivity contribution in [2.45, 2.75) is 57.4 Å². The molecule has 93 valence electrons. The van der Waals surface area contributed by atoms with Gasteiger partial charge in [0.25, 0.3) is 0 Å². The minimum atomic E-state index is 0. The Hall–Kier alpha value is 0.323. The molecular formula is C15H24BrZn. The predicted octanol–water partition coefficient (Wildman–Crippen LogP) is 4.91. The monoisotopic (exact) mass is 347 g/mol. The molecule has 0 aliphatic heterocycles. The fourth-order valence-electron chi connectivity index (χ4n) is 1.70. The van der Waals surface area contributed by atoms with Gasteiger partial charge in [-0.1, -0.05) is 0 Å². The molecule has 0 nitrogen and oxygen atoms in total. The van der Waals surface area contributed by atoms with E-state index >= 15 is 0 Å². The summed E-state index contributed by atoms with van der Waals surface area (Å²) in [6, 6.07) is 7.16. The molecule has 0 aliphatic carbocycles. The minimum absolute atomic E-state index is 0. The van der Waals surface area contributed by atoms with E-state index in [0.717, 1.165) is 0 Å². The molecule has 0 radical (unpaired) electrons. The topological polar surface area (TPSA) is 0 Å². The van der Waals surface area contributed by atoms with Crippen molar-refractivity contribution in [2.75, 3.05) is 0 Å². The van der Waals surface area contributed by atoms with Crippen LogP contribution in [0.1, 0.15) is 58.2 Å². The molecule has 0 spiro atoms. The van der Waals surface area contributed by atoms with E-state index in [4.69, 9.17) is 0 Å². The molecule has 17 heavy (non-hydrogen) atoms. The summed E-state index contributed by atoms with van der Waals surface area (Å²) in [5.74, 6) is 0. The molecular weight excluding hydrogens is 325 g/mol. The fourth-order valence-corrected chi connectivity index (χ4v) is 2.31. The molecule has 2 heteroatoms. The number of halogens is 1. The molecule has 0 saturated carbocycles. The second kappa shape index (κ2) is 5.98. The molecule has 1 aromatic carbocycles. The van der Waals surface area contributed by atoms with Crippen LogP contribution in [0.15, 0.2) is 18.2 Å². The normalized spacial score (nSPS) is 12.2. The van der Waals surface area contributed by atoms with Crippen LogP contribution in [0.4, 0.5) is 0 Å².